The van der Waals surface area contributed by atoms with Gasteiger partial charge in [-0.05, 0) is 93.0 Å². The van der Waals surface area contributed by atoms with E-state index in [0.717, 1.165) is 31.4 Å². The van der Waals surface area contributed by atoms with Crippen molar-refractivity contribution in [2.75, 3.05) is 26.2 Å². The zero-order valence-electron chi connectivity index (χ0n) is 23.3. The molecule has 1 heterocycles. The highest BCUT2D eigenvalue weighted by Gasteiger charge is 2.59. The summed E-state index contributed by atoms with van der Waals surface area (Å²) >= 11 is 0. The van der Waals surface area contributed by atoms with Crippen LogP contribution in [0.25, 0.3) is 0 Å². The van der Waals surface area contributed by atoms with Crippen molar-refractivity contribution < 1.29 is 24.3 Å². The number of rotatable bonds is 7. The van der Waals surface area contributed by atoms with Crippen LogP contribution in [0.5, 0.6) is 0 Å². The zero-order chi connectivity index (χ0) is 27.1. The lowest BCUT2D eigenvalue weighted by atomic mass is 9.46. The minimum absolute atomic E-state index is 0.141. The summed E-state index contributed by atoms with van der Waals surface area (Å²) in [6, 6.07) is -0.234. The summed E-state index contributed by atoms with van der Waals surface area (Å²) in [5, 5.41) is 17.0. The number of oxime groups is 1. The molecule has 7 atom stereocenters. The summed E-state index contributed by atoms with van der Waals surface area (Å²) in [4.78, 5) is 43.7. The highest BCUT2D eigenvalue weighted by Crippen LogP contribution is 2.66. The predicted molar refractivity (Wildman–Crippen MR) is 144 cm³/mol. The number of ketones is 2. The number of hydrogen-bond donors (Lipinski definition) is 2. The van der Waals surface area contributed by atoms with Crippen molar-refractivity contribution in [1.29, 1.82) is 0 Å². The van der Waals surface area contributed by atoms with E-state index in [1.807, 2.05) is 13.0 Å². The molecule has 5 rings (SSSR count). The Morgan fingerprint density at radius 3 is 2.66 bits per heavy atom. The minimum atomic E-state index is -0.571. The second kappa shape index (κ2) is 10.8. The molecule has 0 aromatic heterocycles. The van der Waals surface area contributed by atoms with Gasteiger partial charge in [0.1, 0.15) is 0 Å². The lowest BCUT2D eigenvalue weighted by molar-refractivity contribution is -0.119. The first kappa shape index (κ1) is 27.5. The number of fused-ring (bicyclic) bond motifs is 5. The number of allylic oxidation sites excluding steroid dienone is 1. The van der Waals surface area contributed by atoms with Crippen LogP contribution < -0.4 is 5.32 Å². The quantitative estimate of drug-likeness (QED) is 0.291. The first-order valence-corrected chi connectivity index (χ1v) is 14.8. The van der Waals surface area contributed by atoms with Crippen molar-refractivity contribution in [3.63, 3.8) is 0 Å². The zero-order valence-corrected chi connectivity index (χ0v) is 23.3. The molecule has 5 aliphatic rings. The molecule has 1 aliphatic heterocycles. The first-order chi connectivity index (χ1) is 18.2. The first-order valence-electron chi connectivity index (χ1n) is 14.8. The van der Waals surface area contributed by atoms with Crippen molar-refractivity contribution in [2.45, 2.75) is 91.0 Å². The third kappa shape index (κ3) is 4.87. The molecular formula is C30H45N3O5. The number of aliphatic hydroxyl groups is 1. The van der Waals surface area contributed by atoms with Gasteiger partial charge in [0.25, 0.3) is 0 Å². The lowest BCUT2D eigenvalue weighted by Crippen LogP contribution is -2.51. The Kier molecular flexibility index (Phi) is 7.84. The van der Waals surface area contributed by atoms with E-state index < -0.39 is 6.09 Å². The van der Waals surface area contributed by atoms with Gasteiger partial charge in [-0.2, -0.15) is 0 Å². The van der Waals surface area contributed by atoms with Crippen molar-refractivity contribution >= 4 is 23.4 Å². The molecular weight excluding hydrogens is 482 g/mol. The van der Waals surface area contributed by atoms with Gasteiger partial charge in [0, 0.05) is 38.4 Å². The number of Topliss-reactive ketones (excluding diaryl/α,β-unsaturated/α-hetero) is 1. The molecule has 1 saturated heterocycles. The SMILES string of the molecule is C/C(=N\OC(=O)N(CCO)CCC1NCCC1=O)[C@H]1CC[C@H]2[C@@H]3CCC4=CC(=O)CC[C@]4(C)[C@H]3CC[C@]12C. The molecule has 0 aromatic rings. The number of carbonyl (C=O) groups excluding carboxylic acids is 3. The van der Waals surface area contributed by atoms with E-state index in [4.69, 9.17) is 4.84 Å². The van der Waals surface area contributed by atoms with E-state index in [2.05, 4.69) is 24.3 Å². The Morgan fingerprint density at radius 1 is 1.11 bits per heavy atom. The Balaban J connectivity index is 1.23. The fraction of sp³-hybridized carbons (Fsp3) is 0.800. The summed E-state index contributed by atoms with van der Waals surface area (Å²) in [7, 11) is 0. The molecule has 8 nitrogen and oxygen atoms in total. The normalized spacial score (nSPS) is 38.8. The fourth-order valence-electron chi connectivity index (χ4n) is 9.10. The summed E-state index contributed by atoms with van der Waals surface area (Å²) in [6.07, 6.45) is 10.9. The maximum absolute atomic E-state index is 12.8. The monoisotopic (exact) mass is 527 g/mol. The van der Waals surface area contributed by atoms with Crippen LogP contribution in [-0.2, 0) is 14.4 Å². The molecule has 4 aliphatic carbocycles. The van der Waals surface area contributed by atoms with Gasteiger partial charge in [-0.3, -0.25) is 14.4 Å². The number of carbonyl (C=O) groups is 3. The molecule has 0 bridgehead atoms. The number of nitrogens with one attached hydrogen (secondary N) is 1. The van der Waals surface area contributed by atoms with Crippen molar-refractivity contribution in [1.82, 2.24) is 10.2 Å². The standard InChI is InChI=1S/C30H45N3O5/c1-19(32-38-28(37)33(16-17-34)15-11-26-27(36)10-14-31-26)23-6-7-24-22-5-4-20-18-21(35)8-12-29(20,2)25(22)9-13-30(23,24)3/h18,22-26,31,34H,4-17H2,1-3H3/b32-19+/t22-,23+,24-,25-,26?,29-,30+/m0/s1. The van der Waals surface area contributed by atoms with E-state index in [1.54, 1.807) is 0 Å². The molecule has 0 radical (unpaired) electrons. The molecule has 1 amide bonds. The van der Waals surface area contributed by atoms with Gasteiger partial charge in [0.15, 0.2) is 11.6 Å². The topological polar surface area (TPSA) is 108 Å². The van der Waals surface area contributed by atoms with E-state index in [0.29, 0.717) is 55.9 Å². The van der Waals surface area contributed by atoms with Crippen LogP contribution in [0.15, 0.2) is 16.8 Å². The highest BCUT2D eigenvalue weighted by molar-refractivity contribution is 5.91. The van der Waals surface area contributed by atoms with E-state index >= 15 is 0 Å². The van der Waals surface area contributed by atoms with Crippen LogP contribution in [0.3, 0.4) is 0 Å². The second-order valence-electron chi connectivity index (χ2n) is 13.0. The average molecular weight is 528 g/mol. The largest absolute Gasteiger partial charge is 0.436 e. The molecule has 2 N–H and O–H groups in total. The second-order valence-corrected chi connectivity index (χ2v) is 13.0. The van der Waals surface area contributed by atoms with Gasteiger partial charge in [-0.1, -0.05) is 24.6 Å². The van der Waals surface area contributed by atoms with Gasteiger partial charge in [-0.15, -0.1) is 0 Å². The molecule has 0 spiro atoms. The Morgan fingerprint density at radius 2 is 1.92 bits per heavy atom. The average Bonchev–Trinajstić information content (AvgIpc) is 3.47. The van der Waals surface area contributed by atoms with Crippen LogP contribution >= 0.6 is 0 Å². The molecule has 3 saturated carbocycles. The highest BCUT2D eigenvalue weighted by atomic mass is 16.7. The van der Waals surface area contributed by atoms with Crippen molar-refractivity contribution in [3.8, 4) is 0 Å². The van der Waals surface area contributed by atoms with Crippen LogP contribution in [0.1, 0.15) is 85.0 Å². The summed E-state index contributed by atoms with van der Waals surface area (Å²) in [5.74, 6) is 2.72. The molecule has 38 heavy (non-hydrogen) atoms. The van der Waals surface area contributed by atoms with Crippen molar-refractivity contribution in [2.24, 2.45) is 39.7 Å². The Bertz CT molecular complexity index is 1020. The summed E-state index contributed by atoms with van der Waals surface area (Å²) in [5.41, 5.74) is 2.59. The van der Waals surface area contributed by atoms with Gasteiger partial charge in [-0.25, -0.2) is 4.79 Å². The van der Waals surface area contributed by atoms with Gasteiger partial charge in [0.2, 0.25) is 0 Å². The molecule has 8 heteroatoms. The maximum atomic E-state index is 12.8. The summed E-state index contributed by atoms with van der Waals surface area (Å²) < 4.78 is 0. The van der Waals surface area contributed by atoms with E-state index in [1.165, 1.54) is 29.7 Å². The van der Waals surface area contributed by atoms with Gasteiger partial charge < -0.3 is 15.3 Å². The lowest BCUT2D eigenvalue weighted by Gasteiger charge is -2.58. The number of amides is 1. The molecule has 4 fully saturated rings. The van der Waals surface area contributed by atoms with Gasteiger partial charge >= 0.3 is 6.09 Å². The van der Waals surface area contributed by atoms with Crippen molar-refractivity contribution in [3.05, 3.63) is 11.6 Å². The molecule has 210 valence electrons. The number of hydrogen-bond acceptors (Lipinski definition) is 7. The Labute approximate surface area is 226 Å². The maximum Gasteiger partial charge on any atom is 0.436 e. The minimum Gasteiger partial charge on any atom is -0.395 e. The third-order valence-corrected chi connectivity index (χ3v) is 11.2. The van der Waals surface area contributed by atoms with Crippen LogP contribution in [0, 0.1) is 34.5 Å². The predicted octanol–water partition coefficient (Wildman–Crippen LogP) is 4.26. The number of aliphatic hydroxyl groups excluding tert-OH is 1. The third-order valence-electron chi connectivity index (χ3n) is 11.2. The van der Waals surface area contributed by atoms with Crippen LogP contribution in [0.2, 0.25) is 0 Å². The molecule has 0 aromatic carbocycles. The smallest absolute Gasteiger partial charge is 0.395 e. The molecule has 1 unspecified atom stereocenters. The van der Waals surface area contributed by atoms with E-state index in [9.17, 15) is 19.5 Å². The van der Waals surface area contributed by atoms with Crippen LogP contribution in [-0.4, -0.2) is 65.7 Å². The van der Waals surface area contributed by atoms with Crippen LogP contribution in [0.4, 0.5) is 4.79 Å². The Hall–Kier alpha value is -2.06. The van der Waals surface area contributed by atoms with Gasteiger partial charge in [0.05, 0.1) is 18.4 Å². The fourth-order valence-corrected chi connectivity index (χ4v) is 9.10. The van der Waals surface area contributed by atoms with E-state index in [-0.39, 0.29) is 41.7 Å². The summed E-state index contributed by atoms with van der Waals surface area (Å²) in [6.45, 7) is 7.83. The number of nitrogens with zero attached hydrogens (tertiary/aromatic N) is 2.